The highest BCUT2D eigenvalue weighted by molar-refractivity contribution is 5.97. The first-order chi connectivity index (χ1) is 7.11. The van der Waals surface area contributed by atoms with Gasteiger partial charge in [0.25, 0.3) is 5.91 Å². The molecule has 78 valence electrons. The van der Waals surface area contributed by atoms with Gasteiger partial charge in [-0.15, -0.1) is 0 Å². The van der Waals surface area contributed by atoms with Crippen molar-refractivity contribution in [3.63, 3.8) is 0 Å². The van der Waals surface area contributed by atoms with Crippen molar-refractivity contribution in [1.29, 1.82) is 0 Å². The number of carbonyl (C=O) groups is 1. The molecular weight excluding hydrogens is 192 g/mol. The molecule has 2 aromatic heterocycles. The Kier molecular flexibility index (Phi) is 2.15. The van der Waals surface area contributed by atoms with Crippen LogP contribution in [0.25, 0.3) is 0 Å². The first-order valence-corrected chi connectivity index (χ1v) is 4.64. The molecular formula is C10H12N4O. The van der Waals surface area contributed by atoms with Gasteiger partial charge in [0, 0.05) is 25.1 Å². The lowest BCUT2D eigenvalue weighted by atomic mass is 10.2. The second-order valence-electron chi connectivity index (χ2n) is 3.44. The summed E-state index contributed by atoms with van der Waals surface area (Å²) in [6, 6.07) is 0. The van der Waals surface area contributed by atoms with Crippen molar-refractivity contribution in [1.82, 2.24) is 19.3 Å². The highest BCUT2D eigenvalue weighted by Gasteiger charge is 2.18. The van der Waals surface area contributed by atoms with Gasteiger partial charge in [0.15, 0.2) is 0 Å². The molecule has 2 heterocycles. The van der Waals surface area contributed by atoms with Crippen LogP contribution >= 0.6 is 0 Å². The highest BCUT2D eigenvalue weighted by Crippen LogP contribution is 2.13. The zero-order chi connectivity index (χ0) is 11.0. The predicted octanol–water partition coefficient (Wildman–Crippen LogP) is 0.922. The van der Waals surface area contributed by atoms with Crippen molar-refractivity contribution in [3.05, 3.63) is 35.7 Å². The van der Waals surface area contributed by atoms with Crippen LogP contribution < -0.4 is 0 Å². The van der Waals surface area contributed by atoms with Gasteiger partial charge in [-0.05, 0) is 13.8 Å². The minimum atomic E-state index is -0.0874. The molecule has 0 aliphatic carbocycles. The number of nitrogens with zero attached hydrogens (tertiary/aromatic N) is 4. The summed E-state index contributed by atoms with van der Waals surface area (Å²) in [5.74, 6) is -0.0874. The molecule has 0 saturated heterocycles. The number of rotatable bonds is 1. The summed E-state index contributed by atoms with van der Waals surface area (Å²) in [5.41, 5.74) is 2.26. The molecule has 0 atom stereocenters. The molecule has 0 aliphatic rings. The van der Waals surface area contributed by atoms with E-state index >= 15 is 0 Å². The standard InChI is InChI=1S/C10H12N4O/c1-7-9(8(2)13(3)12-7)10(15)14-5-4-11-6-14/h4-6H,1-3H3. The molecule has 0 amide bonds. The van der Waals surface area contributed by atoms with Crippen LogP contribution in [0, 0.1) is 13.8 Å². The van der Waals surface area contributed by atoms with E-state index in [1.54, 1.807) is 17.1 Å². The Hall–Kier alpha value is -1.91. The van der Waals surface area contributed by atoms with Crippen molar-refractivity contribution >= 4 is 5.91 Å². The van der Waals surface area contributed by atoms with E-state index in [-0.39, 0.29) is 5.91 Å². The van der Waals surface area contributed by atoms with Crippen molar-refractivity contribution in [2.24, 2.45) is 7.05 Å². The summed E-state index contributed by atoms with van der Waals surface area (Å²) >= 11 is 0. The summed E-state index contributed by atoms with van der Waals surface area (Å²) < 4.78 is 3.16. The number of hydrogen-bond acceptors (Lipinski definition) is 3. The van der Waals surface area contributed by atoms with E-state index in [1.165, 1.54) is 10.9 Å². The lowest BCUT2D eigenvalue weighted by molar-refractivity contribution is 0.0958. The lowest BCUT2D eigenvalue weighted by Crippen LogP contribution is -2.12. The predicted molar refractivity (Wildman–Crippen MR) is 54.6 cm³/mol. The van der Waals surface area contributed by atoms with Gasteiger partial charge in [0.2, 0.25) is 0 Å². The van der Waals surface area contributed by atoms with Crippen LogP contribution in [-0.2, 0) is 7.05 Å². The Balaban J connectivity index is 2.51. The third kappa shape index (κ3) is 1.45. The van der Waals surface area contributed by atoms with Crippen molar-refractivity contribution in [2.45, 2.75) is 13.8 Å². The number of aryl methyl sites for hydroxylation is 2. The van der Waals surface area contributed by atoms with Gasteiger partial charge in [-0.25, -0.2) is 4.98 Å². The first-order valence-electron chi connectivity index (χ1n) is 4.64. The highest BCUT2D eigenvalue weighted by atomic mass is 16.2. The fourth-order valence-electron chi connectivity index (χ4n) is 1.59. The molecule has 0 unspecified atom stereocenters. The number of imidazole rings is 1. The molecule has 15 heavy (non-hydrogen) atoms. The summed E-state index contributed by atoms with van der Waals surface area (Å²) in [4.78, 5) is 15.9. The molecule has 5 nitrogen and oxygen atoms in total. The first kappa shape index (κ1) is 9.64. The zero-order valence-corrected chi connectivity index (χ0v) is 8.93. The van der Waals surface area contributed by atoms with Crippen LogP contribution in [0.2, 0.25) is 0 Å². The third-order valence-electron chi connectivity index (χ3n) is 2.46. The molecule has 5 heteroatoms. The van der Waals surface area contributed by atoms with Crippen molar-refractivity contribution < 1.29 is 4.79 Å². The maximum atomic E-state index is 12.0. The van der Waals surface area contributed by atoms with Crippen LogP contribution in [0.3, 0.4) is 0 Å². The molecule has 0 aromatic carbocycles. The number of aromatic nitrogens is 4. The van der Waals surface area contributed by atoms with E-state index in [2.05, 4.69) is 10.1 Å². The monoisotopic (exact) mass is 204 g/mol. The maximum Gasteiger partial charge on any atom is 0.266 e. The van der Waals surface area contributed by atoms with Gasteiger partial charge in [0.05, 0.1) is 11.3 Å². The average molecular weight is 204 g/mol. The van der Waals surface area contributed by atoms with Crippen molar-refractivity contribution in [3.8, 4) is 0 Å². The smallest absolute Gasteiger partial charge is 0.266 e. The summed E-state index contributed by atoms with van der Waals surface area (Å²) in [7, 11) is 1.83. The fourth-order valence-corrected chi connectivity index (χ4v) is 1.59. The Morgan fingerprint density at radius 3 is 2.60 bits per heavy atom. The quantitative estimate of drug-likeness (QED) is 0.694. The second kappa shape index (κ2) is 3.34. The Bertz CT molecular complexity index is 496. The van der Waals surface area contributed by atoms with E-state index < -0.39 is 0 Å². The Labute approximate surface area is 87.4 Å². The summed E-state index contributed by atoms with van der Waals surface area (Å²) in [6.45, 7) is 3.71. The van der Waals surface area contributed by atoms with Crippen LogP contribution in [0.1, 0.15) is 21.7 Å². The SMILES string of the molecule is Cc1nn(C)c(C)c1C(=O)n1ccnc1. The molecule has 0 radical (unpaired) electrons. The lowest BCUT2D eigenvalue weighted by Gasteiger charge is -2.01. The molecule has 0 saturated carbocycles. The summed E-state index contributed by atoms with van der Waals surface area (Å²) in [5, 5.41) is 4.20. The summed E-state index contributed by atoms with van der Waals surface area (Å²) in [6.07, 6.45) is 4.71. The Morgan fingerprint density at radius 2 is 2.13 bits per heavy atom. The molecule has 0 aliphatic heterocycles. The van der Waals surface area contributed by atoms with Gasteiger partial charge in [0.1, 0.15) is 6.33 Å². The van der Waals surface area contributed by atoms with Gasteiger partial charge < -0.3 is 0 Å². The van der Waals surface area contributed by atoms with E-state index in [1.807, 2.05) is 20.9 Å². The number of carbonyl (C=O) groups excluding carboxylic acids is 1. The second-order valence-corrected chi connectivity index (χ2v) is 3.44. The van der Waals surface area contributed by atoms with Gasteiger partial charge in [-0.2, -0.15) is 5.10 Å². The van der Waals surface area contributed by atoms with Crippen LogP contribution in [-0.4, -0.2) is 25.2 Å². The topological polar surface area (TPSA) is 52.7 Å². The largest absolute Gasteiger partial charge is 0.272 e. The van der Waals surface area contributed by atoms with Crippen molar-refractivity contribution in [2.75, 3.05) is 0 Å². The van der Waals surface area contributed by atoms with Crippen LogP contribution in [0.5, 0.6) is 0 Å². The van der Waals surface area contributed by atoms with E-state index in [4.69, 9.17) is 0 Å². The minimum absolute atomic E-state index is 0.0874. The van der Waals surface area contributed by atoms with E-state index in [9.17, 15) is 4.79 Å². The van der Waals surface area contributed by atoms with Crippen LogP contribution in [0.4, 0.5) is 0 Å². The molecule has 0 spiro atoms. The fraction of sp³-hybridized carbons (Fsp3) is 0.300. The molecule has 0 bridgehead atoms. The molecule has 2 aromatic rings. The maximum absolute atomic E-state index is 12.0. The molecule has 0 N–H and O–H groups in total. The van der Waals surface area contributed by atoms with Crippen LogP contribution in [0.15, 0.2) is 18.7 Å². The van der Waals surface area contributed by atoms with E-state index in [0.717, 1.165) is 11.4 Å². The molecule has 0 fully saturated rings. The minimum Gasteiger partial charge on any atom is -0.272 e. The molecule has 2 rings (SSSR count). The van der Waals surface area contributed by atoms with E-state index in [0.29, 0.717) is 5.56 Å². The Morgan fingerprint density at radius 1 is 1.40 bits per heavy atom. The van der Waals surface area contributed by atoms with Gasteiger partial charge >= 0.3 is 0 Å². The van der Waals surface area contributed by atoms with Gasteiger partial charge in [-0.1, -0.05) is 0 Å². The number of hydrogen-bond donors (Lipinski definition) is 0. The zero-order valence-electron chi connectivity index (χ0n) is 8.93. The normalized spacial score (nSPS) is 10.6. The van der Waals surface area contributed by atoms with Gasteiger partial charge in [-0.3, -0.25) is 14.0 Å². The average Bonchev–Trinajstić information content (AvgIpc) is 2.76. The third-order valence-corrected chi connectivity index (χ3v) is 2.46.